The molecule has 0 spiro atoms. The molecule has 1 aromatic heterocycles. The smallest absolute Gasteiger partial charge is 0.320 e. The van der Waals surface area contributed by atoms with Crippen LogP contribution in [0.5, 0.6) is 0 Å². The molecular formula is C23H19F3N4O2S. The maximum atomic E-state index is 14.1. The van der Waals surface area contributed by atoms with E-state index in [0.29, 0.717) is 18.7 Å². The van der Waals surface area contributed by atoms with Gasteiger partial charge < -0.3 is 10.6 Å². The molecule has 3 aromatic rings. The molecule has 33 heavy (non-hydrogen) atoms. The summed E-state index contributed by atoms with van der Waals surface area (Å²) in [7, 11) is 0. The molecule has 0 saturated carbocycles. The van der Waals surface area contributed by atoms with Crippen molar-refractivity contribution in [1.29, 1.82) is 0 Å². The zero-order valence-corrected chi connectivity index (χ0v) is 18.3. The highest BCUT2D eigenvalue weighted by Crippen LogP contribution is 2.44. The summed E-state index contributed by atoms with van der Waals surface area (Å²) >= 11 is 0.828. The number of benzene rings is 2. The van der Waals surface area contributed by atoms with Crippen LogP contribution in [0.2, 0.25) is 0 Å². The van der Waals surface area contributed by atoms with E-state index in [2.05, 4.69) is 15.6 Å². The maximum Gasteiger partial charge on any atom is 0.419 e. The highest BCUT2D eigenvalue weighted by atomic mass is 32.2. The van der Waals surface area contributed by atoms with Gasteiger partial charge in [-0.3, -0.25) is 14.7 Å². The molecule has 3 amide bonds. The number of nitrogens with one attached hydrogen (secondary N) is 2. The number of urea groups is 1. The van der Waals surface area contributed by atoms with Crippen LogP contribution in [0.25, 0.3) is 0 Å². The molecule has 170 valence electrons. The number of carbonyl (C=O) groups excluding carboxylic acids is 2. The van der Waals surface area contributed by atoms with E-state index >= 15 is 0 Å². The zero-order chi connectivity index (χ0) is 23.6. The number of para-hydroxylation sites is 1. The third-order valence-corrected chi connectivity index (χ3v) is 6.00. The fourth-order valence-corrected chi connectivity index (χ4v) is 4.46. The number of hydrogen-bond acceptors (Lipinski definition) is 4. The van der Waals surface area contributed by atoms with Gasteiger partial charge in [0, 0.05) is 23.3 Å². The molecule has 1 aliphatic heterocycles. The first-order valence-corrected chi connectivity index (χ1v) is 11.2. The fourth-order valence-electron chi connectivity index (χ4n) is 3.69. The van der Waals surface area contributed by atoms with E-state index in [9.17, 15) is 22.8 Å². The number of amides is 3. The van der Waals surface area contributed by atoms with E-state index < -0.39 is 23.7 Å². The first-order chi connectivity index (χ1) is 15.8. The predicted octanol–water partition coefficient (Wildman–Crippen LogP) is 5.67. The molecule has 0 radical (unpaired) electrons. The molecule has 0 aliphatic carbocycles. The summed E-state index contributed by atoms with van der Waals surface area (Å²) in [6.07, 6.45) is -1.25. The quantitative estimate of drug-likeness (QED) is 0.480. The molecule has 0 unspecified atom stereocenters. The van der Waals surface area contributed by atoms with E-state index in [-0.39, 0.29) is 22.0 Å². The Hall–Kier alpha value is -3.53. The van der Waals surface area contributed by atoms with E-state index in [0.717, 1.165) is 23.4 Å². The van der Waals surface area contributed by atoms with Crippen molar-refractivity contribution in [1.82, 2.24) is 4.98 Å². The lowest BCUT2D eigenvalue weighted by Crippen LogP contribution is -2.34. The van der Waals surface area contributed by atoms with Gasteiger partial charge in [0.15, 0.2) is 0 Å². The van der Waals surface area contributed by atoms with Gasteiger partial charge in [0.1, 0.15) is 5.69 Å². The summed E-state index contributed by atoms with van der Waals surface area (Å²) in [5, 5.41) is 4.91. The third-order valence-electron chi connectivity index (χ3n) is 5.16. The van der Waals surface area contributed by atoms with Crippen LogP contribution in [0, 0.1) is 0 Å². The van der Waals surface area contributed by atoms with Gasteiger partial charge in [-0.1, -0.05) is 24.3 Å². The lowest BCUT2D eigenvalue weighted by atomic mass is 10.1. The van der Waals surface area contributed by atoms with Crippen LogP contribution in [0.4, 0.5) is 35.0 Å². The average Bonchev–Trinajstić information content (AvgIpc) is 3.24. The topological polar surface area (TPSA) is 74.3 Å². The molecule has 2 N–H and O–H groups in total. The van der Waals surface area contributed by atoms with Gasteiger partial charge in [-0.05, 0) is 48.6 Å². The summed E-state index contributed by atoms with van der Waals surface area (Å²) < 4.78 is 42.3. The molecule has 2 aromatic carbocycles. The van der Waals surface area contributed by atoms with Crippen molar-refractivity contribution in [3.8, 4) is 0 Å². The predicted molar refractivity (Wildman–Crippen MR) is 122 cm³/mol. The van der Waals surface area contributed by atoms with E-state index in [1.54, 1.807) is 24.3 Å². The Balaban J connectivity index is 1.66. The number of pyridine rings is 1. The molecular weight excluding hydrogens is 453 g/mol. The van der Waals surface area contributed by atoms with Gasteiger partial charge in [0.25, 0.3) is 5.91 Å². The van der Waals surface area contributed by atoms with Gasteiger partial charge in [-0.15, -0.1) is 11.8 Å². The Morgan fingerprint density at radius 3 is 2.42 bits per heavy atom. The minimum absolute atomic E-state index is 0.0185. The lowest BCUT2D eigenvalue weighted by molar-refractivity contribution is -0.139. The summed E-state index contributed by atoms with van der Waals surface area (Å²) in [6.45, 7) is 0.375. The van der Waals surface area contributed by atoms with Gasteiger partial charge in [-0.2, -0.15) is 13.2 Å². The van der Waals surface area contributed by atoms with E-state index in [4.69, 9.17) is 0 Å². The molecule has 0 bridgehead atoms. The Bertz CT molecular complexity index is 1200. The summed E-state index contributed by atoms with van der Waals surface area (Å²) in [6, 6.07) is 13.8. The molecule has 0 fully saturated rings. The number of anilines is 3. The van der Waals surface area contributed by atoms with Crippen LogP contribution in [0.1, 0.15) is 21.6 Å². The highest BCUT2D eigenvalue weighted by Gasteiger charge is 2.39. The lowest BCUT2D eigenvalue weighted by Gasteiger charge is -2.23. The molecule has 1 aliphatic rings. The van der Waals surface area contributed by atoms with Gasteiger partial charge in [0.2, 0.25) is 0 Å². The Kier molecular flexibility index (Phi) is 6.28. The van der Waals surface area contributed by atoms with Crippen LogP contribution >= 0.6 is 11.8 Å². The highest BCUT2D eigenvalue weighted by molar-refractivity contribution is 7.98. The summed E-state index contributed by atoms with van der Waals surface area (Å²) in [4.78, 5) is 30.5. The number of halogens is 3. The van der Waals surface area contributed by atoms with Gasteiger partial charge >= 0.3 is 12.2 Å². The second-order valence-electron chi connectivity index (χ2n) is 7.20. The van der Waals surface area contributed by atoms with Crippen LogP contribution in [0.15, 0.2) is 65.7 Å². The molecule has 2 heterocycles. The van der Waals surface area contributed by atoms with Crippen molar-refractivity contribution in [2.45, 2.75) is 17.5 Å². The molecule has 4 rings (SSSR count). The number of carbonyl (C=O) groups is 2. The largest absolute Gasteiger partial charge is 0.419 e. The van der Waals surface area contributed by atoms with Gasteiger partial charge in [0.05, 0.1) is 16.9 Å². The number of aromatic nitrogens is 1. The van der Waals surface area contributed by atoms with E-state index in [1.807, 2.05) is 12.1 Å². The van der Waals surface area contributed by atoms with Gasteiger partial charge in [-0.25, -0.2) is 4.79 Å². The molecule has 6 nitrogen and oxygen atoms in total. The SMILES string of the molecule is CSc1c(NC(=O)c2ccccn2)ccc(NC(=O)N2CCc3ccccc32)c1C(F)(F)F. The van der Waals surface area contributed by atoms with Crippen LogP contribution in [-0.2, 0) is 12.6 Å². The fraction of sp³-hybridized carbons (Fsp3) is 0.174. The second-order valence-corrected chi connectivity index (χ2v) is 8.01. The maximum absolute atomic E-state index is 14.1. The minimum Gasteiger partial charge on any atom is -0.320 e. The number of alkyl halides is 3. The first-order valence-electron chi connectivity index (χ1n) is 9.96. The summed E-state index contributed by atoms with van der Waals surface area (Å²) in [5.41, 5.74) is 0.291. The summed E-state index contributed by atoms with van der Waals surface area (Å²) in [5.74, 6) is -0.635. The van der Waals surface area contributed by atoms with Crippen molar-refractivity contribution in [3.63, 3.8) is 0 Å². The van der Waals surface area contributed by atoms with E-state index in [1.165, 1.54) is 29.5 Å². The van der Waals surface area contributed by atoms with Crippen molar-refractivity contribution in [2.24, 2.45) is 0 Å². The minimum atomic E-state index is -4.77. The molecule has 10 heteroatoms. The zero-order valence-electron chi connectivity index (χ0n) is 17.4. The van der Waals surface area contributed by atoms with Crippen molar-refractivity contribution in [2.75, 3.05) is 28.3 Å². The monoisotopic (exact) mass is 472 g/mol. The Labute approximate surface area is 192 Å². The van der Waals surface area contributed by atoms with Crippen molar-refractivity contribution in [3.05, 3.63) is 77.6 Å². The number of rotatable bonds is 4. The second kappa shape index (κ2) is 9.14. The standard InChI is InChI=1S/C23H19F3N4O2S/c1-33-20-16(28-21(31)17-7-4-5-12-27-17)10-9-15(19(20)23(24,25)26)29-22(32)30-13-11-14-6-2-3-8-18(14)30/h2-10,12H,11,13H2,1H3,(H,28,31)(H,29,32). The Morgan fingerprint density at radius 1 is 1.00 bits per heavy atom. The normalized spacial score (nSPS) is 12.9. The molecule has 0 atom stereocenters. The van der Waals surface area contributed by atoms with Crippen molar-refractivity contribution < 1.29 is 22.8 Å². The number of nitrogens with zero attached hydrogens (tertiary/aromatic N) is 2. The first kappa shape index (κ1) is 22.7. The number of fused-ring (bicyclic) bond motifs is 1. The van der Waals surface area contributed by atoms with Crippen LogP contribution in [0.3, 0.4) is 0 Å². The average molecular weight is 472 g/mol. The number of hydrogen-bond donors (Lipinski definition) is 2. The Morgan fingerprint density at radius 2 is 1.73 bits per heavy atom. The van der Waals surface area contributed by atoms with Crippen molar-refractivity contribution >= 4 is 40.8 Å². The van der Waals surface area contributed by atoms with Crippen LogP contribution < -0.4 is 15.5 Å². The van der Waals surface area contributed by atoms with Crippen LogP contribution in [-0.4, -0.2) is 29.7 Å². The third kappa shape index (κ3) is 4.65. The molecule has 0 saturated heterocycles. The number of thioether (sulfide) groups is 1.